The van der Waals surface area contributed by atoms with Gasteiger partial charge in [-0.05, 0) is 18.6 Å². The summed E-state index contributed by atoms with van der Waals surface area (Å²) in [4.78, 5) is -0.599. The second kappa shape index (κ2) is 5.53. The highest BCUT2D eigenvalue weighted by molar-refractivity contribution is 7.92. The third kappa shape index (κ3) is 3.11. The molecule has 0 saturated heterocycles. The van der Waals surface area contributed by atoms with Gasteiger partial charge >= 0.3 is 0 Å². The van der Waals surface area contributed by atoms with Crippen LogP contribution in [0.3, 0.4) is 0 Å². The molecule has 2 aromatic rings. The van der Waals surface area contributed by atoms with Crippen LogP contribution in [-0.2, 0) is 23.5 Å². The molecule has 1 heterocycles. The molecule has 0 aliphatic rings. The van der Waals surface area contributed by atoms with Crippen LogP contribution in [0.4, 0.5) is 15.8 Å². The van der Waals surface area contributed by atoms with E-state index in [1.165, 1.54) is 10.9 Å². The van der Waals surface area contributed by atoms with Gasteiger partial charge < -0.3 is 5.73 Å². The van der Waals surface area contributed by atoms with Crippen LogP contribution in [0.15, 0.2) is 23.2 Å². The van der Waals surface area contributed by atoms with Gasteiger partial charge in [0, 0.05) is 18.3 Å². The van der Waals surface area contributed by atoms with Gasteiger partial charge in [0.25, 0.3) is 10.0 Å². The maximum Gasteiger partial charge on any atom is 0.265 e. The van der Waals surface area contributed by atoms with Crippen molar-refractivity contribution in [3.8, 4) is 0 Å². The molecule has 114 valence electrons. The number of hydrogen-bond donors (Lipinski definition) is 2. The van der Waals surface area contributed by atoms with E-state index in [0.29, 0.717) is 12.1 Å². The van der Waals surface area contributed by atoms with Gasteiger partial charge in [0.15, 0.2) is 5.82 Å². The van der Waals surface area contributed by atoms with Crippen LogP contribution in [-0.4, -0.2) is 18.2 Å². The van der Waals surface area contributed by atoms with E-state index < -0.39 is 20.7 Å². The van der Waals surface area contributed by atoms with Gasteiger partial charge in [-0.25, -0.2) is 12.8 Å². The van der Waals surface area contributed by atoms with Crippen molar-refractivity contribution in [1.29, 1.82) is 0 Å². The van der Waals surface area contributed by atoms with E-state index in [9.17, 15) is 12.8 Å². The van der Waals surface area contributed by atoms with Gasteiger partial charge in [0.1, 0.15) is 4.90 Å². The summed E-state index contributed by atoms with van der Waals surface area (Å²) in [6.45, 7) is 1.83. The predicted molar refractivity (Wildman–Crippen MR) is 79.2 cm³/mol. The van der Waals surface area contributed by atoms with Gasteiger partial charge in [-0.2, -0.15) is 5.10 Å². The summed E-state index contributed by atoms with van der Waals surface area (Å²) >= 11 is 5.74. The highest BCUT2D eigenvalue weighted by Gasteiger charge is 2.23. The molecule has 0 saturated carbocycles. The SMILES string of the molecule is CCc1nn(C)cc1NS(=O)(=O)c1cc(Cl)cc(N)c1F. The lowest BCUT2D eigenvalue weighted by atomic mass is 10.3. The molecule has 6 nitrogen and oxygen atoms in total. The van der Waals surface area contributed by atoms with Crippen LogP contribution in [0.5, 0.6) is 0 Å². The van der Waals surface area contributed by atoms with Crippen molar-refractivity contribution in [1.82, 2.24) is 9.78 Å². The Labute approximate surface area is 126 Å². The summed E-state index contributed by atoms with van der Waals surface area (Å²) in [5, 5.41) is 4.15. The molecule has 0 aliphatic heterocycles. The predicted octanol–water partition coefficient (Wildman–Crippen LogP) is 2.16. The number of aryl methyl sites for hydroxylation is 2. The number of halogens is 2. The van der Waals surface area contributed by atoms with Crippen LogP contribution in [0.1, 0.15) is 12.6 Å². The molecular weight excluding hydrogens is 319 g/mol. The molecular formula is C12H14ClFN4O2S. The molecule has 2 rings (SSSR count). The maximum atomic E-state index is 13.9. The molecule has 0 bridgehead atoms. The number of nitrogens with one attached hydrogen (secondary N) is 1. The molecule has 1 aromatic carbocycles. The van der Waals surface area contributed by atoms with Crippen molar-refractivity contribution in [2.75, 3.05) is 10.5 Å². The van der Waals surface area contributed by atoms with Crippen molar-refractivity contribution in [2.24, 2.45) is 7.05 Å². The summed E-state index contributed by atoms with van der Waals surface area (Å²) in [5.41, 5.74) is 5.92. The van der Waals surface area contributed by atoms with Crippen molar-refractivity contribution in [3.63, 3.8) is 0 Å². The number of hydrogen-bond acceptors (Lipinski definition) is 4. The minimum atomic E-state index is -4.15. The lowest BCUT2D eigenvalue weighted by molar-refractivity contribution is 0.573. The number of nitrogen functional groups attached to an aromatic ring is 1. The van der Waals surface area contributed by atoms with Crippen LogP contribution < -0.4 is 10.5 Å². The molecule has 21 heavy (non-hydrogen) atoms. The molecule has 0 amide bonds. The van der Waals surface area contributed by atoms with E-state index >= 15 is 0 Å². The standard InChI is InChI=1S/C12H14ClFN4O2S/c1-3-9-10(6-18(2)16-9)17-21(19,20)11-5-7(13)4-8(15)12(11)14/h4-6,17H,3,15H2,1-2H3. The Morgan fingerprint density at radius 2 is 2.14 bits per heavy atom. The second-order valence-electron chi connectivity index (χ2n) is 4.43. The monoisotopic (exact) mass is 332 g/mol. The maximum absolute atomic E-state index is 13.9. The second-order valence-corrected chi connectivity index (χ2v) is 6.52. The number of rotatable bonds is 4. The van der Waals surface area contributed by atoms with E-state index in [4.69, 9.17) is 17.3 Å². The van der Waals surface area contributed by atoms with Gasteiger partial charge in [0.05, 0.1) is 17.1 Å². The smallest absolute Gasteiger partial charge is 0.265 e. The minimum Gasteiger partial charge on any atom is -0.396 e. The molecule has 9 heteroatoms. The van der Waals surface area contributed by atoms with Gasteiger partial charge in [-0.15, -0.1) is 0 Å². The number of benzene rings is 1. The zero-order chi connectivity index (χ0) is 15.8. The van der Waals surface area contributed by atoms with Crippen LogP contribution in [0, 0.1) is 5.82 Å². The van der Waals surface area contributed by atoms with E-state index in [2.05, 4.69) is 9.82 Å². The normalized spacial score (nSPS) is 11.6. The Hall–Kier alpha value is -1.80. The third-order valence-corrected chi connectivity index (χ3v) is 4.39. The summed E-state index contributed by atoms with van der Waals surface area (Å²) in [5.74, 6) is -1.03. The molecule has 0 radical (unpaired) electrons. The fourth-order valence-electron chi connectivity index (χ4n) is 1.86. The molecule has 0 unspecified atom stereocenters. The molecule has 0 atom stereocenters. The van der Waals surface area contributed by atoms with Crippen molar-refractivity contribution in [2.45, 2.75) is 18.2 Å². The van der Waals surface area contributed by atoms with Crippen molar-refractivity contribution < 1.29 is 12.8 Å². The summed E-state index contributed by atoms with van der Waals surface area (Å²) in [6, 6.07) is 2.16. The fraction of sp³-hybridized carbons (Fsp3) is 0.250. The van der Waals surface area contributed by atoms with E-state index in [-0.39, 0.29) is 16.4 Å². The largest absolute Gasteiger partial charge is 0.396 e. The zero-order valence-electron chi connectivity index (χ0n) is 11.4. The van der Waals surface area contributed by atoms with Gasteiger partial charge in [-0.1, -0.05) is 18.5 Å². The van der Waals surface area contributed by atoms with Crippen molar-refractivity contribution >= 4 is 33.0 Å². The Bertz CT molecular complexity index is 789. The zero-order valence-corrected chi connectivity index (χ0v) is 13.0. The summed E-state index contributed by atoms with van der Waals surface area (Å²) in [7, 11) is -2.49. The summed E-state index contributed by atoms with van der Waals surface area (Å²) < 4.78 is 42.3. The lowest BCUT2D eigenvalue weighted by Gasteiger charge is -2.10. The Morgan fingerprint density at radius 1 is 1.48 bits per heavy atom. The highest BCUT2D eigenvalue weighted by Crippen LogP contribution is 2.27. The first-order valence-corrected chi connectivity index (χ1v) is 7.90. The molecule has 0 fully saturated rings. The Morgan fingerprint density at radius 3 is 2.76 bits per heavy atom. The average Bonchev–Trinajstić information content (AvgIpc) is 2.72. The van der Waals surface area contributed by atoms with Crippen LogP contribution >= 0.6 is 11.6 Å². The van der Waals surface area contributed by atoms with Gasteiger partial charge in [-0.3, -0.25) is 9.40 Å². The lowest BCUT2D eigenvalue weighted by Crippen LogP contribution is -2.16. The molecule has 0 spiro atoms. The number of nitrogens with two attached hydrogens (primary N) is 1. The quantitative estimate of drug-likeness (QED) is 0.839. The first-order valence-electron chi connectivity index (χ1n) is 6.04. The number of aromatic nitrogens is 2. The Kier molecular flexibility index (Phi) is 4.11. The Balaban J connectivity index is 2.48. The first-order chi connectivity index (χ1) is 9.74. The summed E-state index contributed by atoms with van der Waals surface area (Å²) in [6.07, 6.45) is 2.03. The molecule has 1 aromatic heterocycles. The molecule has 3 N–H and O–H groups in total. The highest BCUT2D eigenvalue weighted by atomic mass is 35.5. The fourth-order valence-corrected chi connectivity index (χ4v) is 3.36. The van der Waals surface area contributed by atoms with Gasteiger partial charge in [0.2, 0.25) is 0 Å². The number of nitrogens with zero attached hydrogens (tertiary/aromatic N) is 2. The van der Waals surface area contributed by atoms with Crippen molar-refractivity contribution in [3.05, 3.63) is 34.9 Å². The van der Waals surface area contributed by atoms with Crippen LogP contribution in [0.25, 0.3) is 0 Å². The third-order valence-electron chi connectivity index (χ3n) is 2.81. The van der Waals surface area contributed by atoms with E-state index in [0.717, 1.165) is 12.1 Å². The minimum absolute atomic E-state index is 0.0381. The first kappa shape index (κ1) is 15.6. The molecule has 0 aliphatic carbocycles. The van der Waals surface area contributed by atoms with E-state index in [1.807, 2.05) is 6.92 Å². The number of anilines is 2. The van der Waals surface area contributed by atoms with Crippen LogP contribution in [0.2, 0.25) is 5.02 Å². The number of sulfonamides is 1. The average molecular weight is 333 g/mol. The van der Waals surface area contributed by atoms with E-state index in [1.54, 1.807) is 7.05 Å². The topological polar surface area (TPSA) is 90.0 Å².